The Balaban J connectivity index is 1.73. The number of rotatable bonds is 5. The molecule has 0 atom stereocenters. The molecule has 8 nitrogen and oxygen atoms in total. The van der Waals surface area contributed by atoms with Crippen molar-refractivity contribution in [3.8, 4) is 11.5 Å². The van der Waals surface area contributed by atoms with Crippen LogP contribution in [0.5, 0.6) is 0 Å². The van der Waals surface area contributed by atoms with Gasteiger partial charge in [-0.25, -0.2) is 0 Å². The van der Waals surface area contributed by atoms with Gasteiger partial charge in [0.2, 0.25) is 0 Å². The van der Waals surface area contributed by atoms with E-state index >= 15 is 0 Å². The van der Waals surface area contributed by atoms with E-state index < -0.39 is 10.8 Å². The zero-order chi connectivity index (χ0) is 17.6. The summed E-state index contributed by atoms with van der Waals surface area (Å²) in [5, 5.41) is 20.9. The third-order valence-corrected chi connectivity index (χ3v) is 3.21. The van der Waals surface area contributed by atoms with Crippen LogP contribution < -0.4 is 5.32 Å². The Morgan fingerprint density at radius 2 is 1.80 bits per heavy atom. The molecule has 1 aromatic heterocycles. The van der Waals surface area contributed by atoms with Gasteiger partial charge in [-0.3, -0.25) is 20.2 Å². The van der Waals surface area contributed by atoms with Gasteiger partial charge >= 0.3 is 6.01 Å². The molecule has 0 spiro atoms. The van der Waals surface area contributed by atoms with Crippen LogP contribution in [-0.2, 0) is 4.79 Å². The average molecular weight is 336 g/mol. The molecule has 0 bridgehead atoms. The van der Waals surface area contributed by atoms with Crippen molar-refractivity contribution in [2.75, 3.05) is 5.32 Å². The minimum atomic E-state index is -0.541. The fourth-order valence-electron chi connectivity index (χ4n) is 2.08. The van der Waals surface area contributed by atoms with Crippen molar-refractivity contribution >= 4 is 23.7 Å². The number of nitrogens with one attached hydrogen (secondary N) is 1. The normalized spacial score (nSPS) is 10.7. The molecule has 0 saturated carbocycles. The maximum absolute atomic E-state index is 11.9. The Bertz CT molecular complexity index is 935. The molecule has 2 aromatic carbocycles. The third-order valence-electron chi connectivity index (χ3n) is 3.21. The molecule has 3 aromatic rings. The SMILES string of the molecule is O=C(/C=C/c1ccccc1)Nc1nnc(-c2ccccc2[N+](=O)[O-])o1. The van der Waals surface area contributed by atoms with Gasteiger partial charge in [0.1, 0.15) is 5.56 Å². The van der Waals surface area contributed by atoms with Crippen LogP contribution in [0.1, 0.15) is 5.56 Å². The summed E-state index contributed by atoms with van der Waals surface area (Å²) in [7, 11) is 0. The van der Waals surface area contributed by atoms with Crippen LogP contribution in [0.15, 0.2) is 65.1 Å². The van der Waals surface area contributed by atoms with Crippen molar-refractivity contribution < 1.29 is 14.1 Å². The number of nitrogens with zero attached hydrogens (tertiary/aromatic N) is 3. The number of anilines is 1. The molecular formula is C17H12N4O4. The highest BCUT2D eigenvalue weighted by atomic mass is 16.6. The van der Waals surface area contributed by atoms with Gasteiger partial charge in [-0.1, -0.05) is 47.6 Å². The van der Waals surface area contributed by atoms with E-state index in [4.69, 9.17) is 4.42 Å². The first-order valence-corrected chi connectivity index (χ1v) is 7.25. The van der Waals surface area contributed by atoms with Crippen LogP contribution in [0.3, 0.4) is 0 Å². The van der Waals surface area contributed by atoms with E-state index in [9.17, 15) is 14.9 Å². The van der Waals surface area contributed by atoms with Crippen LogP contribution in [0.4, 0.5) is 11.7 Å². The summed E-state index contributed by atoms with van der Waals surface area (Å²) < 4.78 is 5.29. The standard InChI is InChI=1S/C17H12N4O4/c22-15(11-10-12-6-2-1-3-7-12)18-17-20-19-16(25-17)13-8-4-5-9-14(13)21(23)24/h1-11H,(H,18,20,22)/b11-10+. The van der Waals surface area contributed by atoms with Gasteiger partial charge in [0, 0.05) is 12.1 Å². The Labute approximate surface area is 142 Å². The maximum atomic E-state index is 11.9. The number of hydrogen-bond donors (Lipinski definition) is 1. The zero-order valence-corrected chi connectivity index (χ0v) is 12.8. The minimum Gasteiger partial charge on any atom is -0.403 e. The lowest BCUT2D eigenvalue weighted by molar-refractivity contribution is -0.384. The van der Waals surface area contributed by atoms with E-state index in [1.807, 2.05) is 30.3 Å². The highest BCUT2D eigenvalue weighted by Crippen LogP contribution is 2.29. The third kappa shape index (κ3) is 3.94. The van der Waals surface area contributed by atoms with Crippen molar-refractivity contribution in [3.63, 3.8) is 0 Å². The van der Waals surface area contributed by atoms with Gasteiger partial charge in [-0.2, -0.15) is 0 Å². The molecule has 0 aliphatic heterocycles. The van der Waals surface area contributed by atoms with Crippen molar-refractivity contribution in [1.29, 1.82) is 0 Å². The van der Waals surface area contributed by atoms with Crippen molar-refractivity contribution in [1.82, 2.24) is 10.2 Å². The summed E-state index contributed by atoms with van der Waals surface area (Å²) >= 11 is 0. The molecule has 0 unspecified atom stereocenters. The topological polar surface area (TPSA) is 111 Å². The summed E-state index contributed by atoms with van der Waals surface area (Å²) in [4.78, 5) is 22.4. The summed E-state index contributed by atoms with van der Waals surface area (Å²) in [5.41, 5.74) is 0.886. The molecular weight excluding hydrogens is 324 g/mol. The molecule has 1 heterocycles. The van der Waals surface area contributed by atoms with E-state index in [0.717, 1.165) is 5.56 Å². The van der Waals surface area contributed by atoms with E-state index in [1.54, 1.807) is 12.1 Å². The average Bonchev–Trinajstić information content (AvgIpc) is 3.09. The number of nitro benzene ring substituents is 1. The van der Waals surface area contributed by atoms with E-state index in [-0.39, 0.29) is 23.2 Å². The quantitative estimate of drug-likeness (QED) is 0.435. The molecule has 124 valence electrons. The molecule has 0 fully saturated rings. The second-order valence-electron chi connectivity index (χ2n) is 4.92. The summed E-state index contributed by atoms with van der Waals surface area (Å²) in [6.45, 7) is 0. The van der Waals surface area contributed by atoms with Crippen molar-refractivity contribution in [2.24, 2.45) is 0 Å². The van der Waals surface area contributed by atoms with E-state index in [1.165, 1.54) is 24.3 Å². The molecule has 1 N–H and O–H groups in total. The second kappa shape index (κ2) is 7.18. The molecule has 25 heavy (non-hydrogen) atoms. The van der Waals surface area contributed by atoms with Gasteiger partial charge < -0.3 is 4.42 Å². The Hall–Kier alpha value is -3.81. The Morgan fingerprint density at radius 1 is 1.08 bits per heavy atom. The van der Waals surface area contributed by atoms with Crippen molar-refractivity contribution in [2.45, 2.75) is 0 Å². The minimum absolute atomic E-state index is 0.0466. The first-order chi connectivity index (χ1) is 12.1. The highest BCUT2D eigenvalue weighted by Gasteiger charge is 2.19. The summed E-state index contributed by atoms with van der Waals surface area (Å²) in [6.07, 6.45) is 2.96. The van der Waals surface area contributed by atoms with Crippen LogP contribution in [0.2, 0.25) is 0 Å². The molecule has 3 rings (SSSR count). The number of para-hydroxylation sites is 1. The molecule has 0 aliphatic carbocycles. The van der Waals surface area contributed by atoms with Crippen LogP contribution in [0.25, 0.3) is 17.5 Å². The lowest BCUT2D eigenvalue weighted by Crippen LogP contribution is -2.07. The predicted octanol–water partition coefficient (Wildman–Crippen LogP) is 3.30. The van der Waals surface area contributed by atoms with Crippen LogP contribution >= 0.6 is 0 Å². The molecule has 0 saturated heterocycles. The van der Waals surface area contributed by atoms with Gasteiger partial charge in [0.15, 0.2) is 0 Å². The summed E-state index contributed by atoms with van der Waals surface area (Å²) in [6, 6.07) is 15.1. The smallest absolute Gasteiger partial charge is 0.322 e. The lowest BCUT2D eigenvalue weighted by atomic mass is 10.2. The number of amides is 1. The Morgan fingerprint density at radius 3 is 2.56 bits per heavy atom. The van der Waals surface area contributed by atoms with Crippen LogP contribution in [0, 0.1) is 10.1 Å². The molecule has 8 heteroatoms. The number of aromatic nitrogens is 2. The lowest BCUT2D eigenvalue weighted by Gasteiger charge is -1.97. The van der Waals surface area contributed by atoms with Crippen LogP contribution in [-0.4, -0.2) is 21.0 Å². The Kier molecular flexibility index (Phi) is 4.61. The molecule has 0 aliphatic rings. The largest absolute Gasteiger partial charge is 0.403 e. The first kappa shape index (κ1) is 16.1. The maximum Gasteiger partial charge on any atom is 0.322 e. The fraction of sp³-hybridized carbons (Fsp3) is 0. The van der Waals surface area contributed by atoms with Gasteiger partial charge in [0.25, 0.3) is 17.5 Å². The van der Waals surface area contributed by atoms with E-state index in [0.29, 0.717) is 0 Å². The first-order valence-electron chi connectivity index (χ1n) is 7.25. The zero-order valence-electron chi connectivity index (χ0n) is 12.8. The fourth-order valence-corrected chi connectivity index (χ4v) is 2.08. The van der Waals surface area contributed by atoms with E-state index in [2.05, 4.69) is 15.5 Å². The molecule has 1 amide bonds. The van der Waals surface area contributed by atoms with Gasteiger partial charge in [-0.05, 0) is 17.7 Å². The number of benzene rings is 2. The summed E-state index contributed by atoms with van der Waals surface area (Å²) in [5.74, 6) is -0.503. The van der Waals surface area contributed by atoms with Gasteiger partial charge in [-0.15, -0.1) is 5.10 Å². The number of carbonyl (C=O) groups is 1. The second-order valence-corrected chi connectivity index (χ2v) is 4.92. The molecule has 0 radical (unpaired) electrons. The predicted molar refractivity (Wildman–Crippen MR) is 90.5 cm³/mol. The highest BCUT2D eigenvalue weighted by molar-refractivity contribution is 6.00. The van der Waals surface area contributed by atoms with Gasteiger partial charge in [0.05, 0.1) is 4.92 Å². The number of carbonyl (C=O) groups excluding carboxylic acids is 1. The van der Waals surface area contributed by atoms with Crippen molar-refractivity contribution in [3.05, 3.63) is 76.4 Å². The number of nitro groups is 1. The monoisotopic (exact) mass is 336 g/mol. The number of hydrogen-bond acceptors (Lipinski definition) is 6.